The van der Waals surface area contributed by atoms with Crippen LogP contribution in [0, 0.1) is 5.92 Å². The predicted molar refractivity (Wildman–Crippen MR) is 130 cm³/mol. The number of amides is 3. The maximum absolute atomic E-state index is 12.8. The van der Waals surface area contributed by atoms with Crippen molar-refractivity contribution in [1.82, 2.24) is 10.2 Å². The molecule has 1 heterocycles. The number of carbonyl (C=O) groups is 3. The third-order valence-corrected chi connectivity index (χ3v) is 6.58. The summed E-state index contributed by atoms with van der Waals surface area (Å²) in [7, 11) is 1.34. The third kappa shape index (κ3) is 4.83. The van der Waals surface area contributed by atoms with E-state index in [2.05, 4.69) is 29.7 Å². The van der Waals surface area contributed by atoms with Crippen LogP contribution in [0.5, 0.6) is 0 Å². The summed E-state index contributed by atoms with van der Waals surface area (Å²) in [5.74, 6) is -0.320. The minimum absolute atomic E-state index is 0.0238. The van der Waals surface area contributed by atoms with Crippen molar-refractivity contribution in [2.75, 3.05) is 19.0 Å². The Labute approximate surface area is 200 Å². The molecule has 1 aliphatic heterocycles. The minimum Gasteiger partial charge on any atom is -0.466 e. The summed E-state index contributed by atoms with van der Waals surface area (Å²) in [5, 5.41) is 5.95. The van der Waals surface area contributed by atoms with Gasteiger partial charge in [0.2, 0.25) is 5.91 Å². The van der Waals surface area contributed by atoms with Crippen molar-refractivity contribution in [2.24, 2.45) is 5.92 Å². The van der Waals surface area contributed by atoms with Crippen molar-refractivity contribution in [3.8, 4) is 0 Å². The average Bonchev–Trinajstić information content (AvgIpc) is 3.65. The Morgan fingerprint density at radius 3 is 2.56 bits per heavy atom. The average molecular weight is 462 g/mol. The zero-order valence-electron chi connectivity index (χ0n) is 19.8. The molecule has 3 amide bonds. The summed E-state index contributed by atoms with van der Waals surface area (Å²) in [4.78, 5) is 40.0. The molecular formula is C27H31N3O4. The van der Waals surface area contributed by atoms with Gasteiger partial charge in [-0.25, -0.2) is 9.59 Å². The van der Waals surface area contributed by atoms with E-state index in [-0.39, 0.29) is 23.8 Å². The van der Waals surface area contributed by atoms with Crippen LogP contribution in [0.4, 0.5) is 10.5 Å². The lowest BCUT2D eigenvalue weighted by molar-refractivity contribution is -0.136. The van der Waals surface area contributed by atoms with Crippen LogP contribution >= 0.6 is 0 Å². The molecule has 0 aromatic heterocycles. The first kappa shape index (κ1) is 23.5. The van der Waals surface area contributed by atoms with E-state index < -0.39 is 12.0 Å². The number of hydrogen-bond donors (Lipinski definition) is 2. The lowest BCUT2D eigenvalue weighted by Gasteiger charge is -2.35. The Kier molecular flexibility index (Phi) is 7.01. The molecule has 0 bridgehead atoms. The van der Waals surface area contributed by atoms with E-state index in [1.54, 1.807) is 17.9 Å². The standard InChI is InChI=1S/C27H31N3O4/c1-4-5-14-30-17(2)23(26(32)34-3)24(29-27(30)33)19-12-9-13-20(15-19)28-25(31)22-16-21(22)18-10-7-6-8-11-18/h6-13,15,21-22,24H,4-5,14,16H2,1-3H3,(H,28,31)(H,29,33). The Bertz CT molecular complexity index is 1110. The largest absolute Gasteiger partial charge is 0.466 e. The van der Waals surface area contributed by atoms with Gasteiger partial charge < -0.3 is 15.4 Å². The molecule has 0 spiro atoms. The Morgan fingerprint density at radius 1 is 1.12 bits per heavy atom. The van der Waals surface area contributed by atoms with Crippen molar-refractivity contribution in [2.45, 2.75) is 45.1 Å². The molecule has 2 aromatic rings. The molecule has 4 rings (SSSR count). The second-order valence-corrected chi connectivity index (χ2v) is 8.85. The molecule has 34 heavy (non-hydrogen) atoms. The highest BCUT2D eigenvalue weighted by molar-refractivity contribution is 5.96. The second kappa shape index (κ2) is 10.1. The van der Waals surface area contributed by atoms with E-state index in [9.17, 15) is 14.4 Å². The number of nitrogens with zero attached hydrogens (tertiary/aromatic N) is 1. The predicted octanol–water partition coefficient (Wildman–Crippen LogP) is 4.74. The number of methoxy groups -OCH3 is 1. The Hall–Kier alpha value is -3.61. The van der Waals surface area contributed by atoms with Crippen LogP contribution in [-0.2, 0) is 14.3 Å². The summed E-state index contributed by atoms with van der Waals surface area (Å²) >= 11 is 0. The van der Waals surface area contributed by atoms with E-state index in [0.717, 1.165) is 19.3 Å². The topological polar surface area (TPSA) is 87.7 Å². The van der Waals surface area contributed by atoms with Gasteiger partial charge in [0, 0.05) is 23.8 Å². The number of hydrogen-bond acceptors (Lipinski definition) is 4. The van der Waals surface area contributed by atoms with Gasteiger partial charge in [0.05, 0.1) is 18.7 Å². The number of ether oxygens (including phenoxy) is 1. The second-order valence-electron chi connectivity index (χ2n) is 8.85. The molecule has 2 aliphatic rings. The Morgan fingerprint density at radius 2 is 1.85 bits per heavy atom. The van der Waals surface area contributed by atoms with Gasteiger partial charge in [0.25, 0.3) is 0 Å². The van der Waals surface area contributed by atoms with Crippen LogP contribution in [0.1, 0.15) is 56.2 Å². The summed E-state index contributed by atoms with van der Waals surface area (Å²) in [6.45, 7) is 4.35. The molecular weight excluding hydrogens is 430 g/mol. The SMILES string of the molecule is CCCCN1C(=O)NC(c2cccc(NC(=O)C3CC3c3ccccc3)c2)C(C(=O)OC)=C1C. The van der Waals surface area contributed by atoms with Gasteiger partial charge in [0.15, 0.2) is 0 Å². The molecule has 1 aliphatic carbocycles. The maximum atomic E-state index is 12.8. The van der Waals surface area contributed by atoms with Gasteiger partial charge in [-0.1, -0.05) is 55.8 Å². The molecule has 3 atom stereocenters. The highest BCUT2D eigenvalue weighted by atomic mass is 16.5. The van der Waals surface area contributed by atoms with Crippen molar-refractivity contribution in [3.63, 3.8) is 0 Å². The number of unbranched alkanes of at least 4 members (excludes halogenated alkanes) is 1. The molecule has 1 saturated carbocycles. The van der Waals surface area contributed by atoms with Gasteiger partial charge in [-0.05, 0) is 48.9 Å². The number of benzene rings is 2. The van der Waals surface area contributed by atoms with Crippen molar-refractivity contribution < 1.29 is 19.1 Å². The number of urea groups is 1. The maximum Gasteiger partial charge on any atom is 0.337 e. The van der Waals surface area contributed by atoms with E-state index in [1.165, 1.54) is 12.7 Å². The number of esters is 1. The zero-order valence-corrected chi connectivity index (χ0v) is 19.8. The fourth-order valence-electron chi connectivity index (χ4n) is 4.58. The van der Waals surface area contributed by atoms with Gasteiger partial charge in [-0.3, -0.25) is 9.69 Å². The molecule has 7 heteroatoms. The van der Waals surface area contributed by atoms with Gasteiger partial charge in [0.1, 0.15) is 0 Å². The smallest absolute Gasteiger partial charge is 0.337 e. The normalized spacial score (nSPS) is 21.7. The molecule has 1 fully saturated rings. The number of nitrogens with one attached hydrogen (secondary N) is 2. The summed E-state index contributed by atoms with van der Waals surface area (Å²) in [6, 6.07) is 16.4. The van der Waals surface area contributed by atoms with Crippen LogP contribution in [0.3, 0.4) is 0 Å². The molecule has 2 aromatic carbocycles. The highest BCUT2D eigenvalue weighted by Gasteiger charge is 2.44. The highest BCUT2D eigenvalue weighted by Crippen LogP contribution is 2.48. The molecule has 0 radical (unpaired) electrons. The van der Waals surface area contributed by atoms with Crippen LogP contribution in [0.15, 0.2) is 65.9 Å². The minimum atomic E-state index is -0.660. The van der Waals surface area contributed by atoms with Crippen LogP contribution in [-0.4, -0.2) is 36.5 Å². The molecule has 2 N–H and O–H groups in total. The van der Waals surface area contributed by atoms with Gasteiger partial charge in [-0.2, -0.15) is 0 Å². The first-order valence-corrected chi connectivity index (χ1v) is 11.8. The number of carbonyl (C=O) groups excluding carboxylic acids is 3. The van der Waals surface area contributed by atoms with Crippen molar-refractivity contribution in [1.29, 1.82) is 0 Å². The van der Waals surface area contributed by atoms with Crippen LogP contribution < -0.4 is 10.6 Å². The van der Waals surface area contributed by atoms with Gasteiger partial charge in [-0.15, -0.1) is 0 Å². The van der Waals surface area contributed by atoms with Crippen LogP contribution in [0.25, 0.3) is 0 Å². The number of anilines is 1. The quantitative estimate of drug-likeness (QED) is 0.556. The van der Waals surface area contributed by atoms with E-state index >= 15 is 0 Å². The first-order chi connectivity index (χ1) is 16.4. The lowest BCUT2D eigenvalue weighted by atomic mass is 9.94. The zero-order chi connectivity index (χ0) is 24.2. The van der Waals surface area contributed by atoms with Crippen molar-refractivity contribution in [3.05, 3.63) is 77.0 Å². The lowest BCUT2D eigenvalue weighted by Crippen LogP contribution is -2.48. The molecule has 7 nitrogen and oxygen atoms in total. The fraction of sp³-hybridized carbons (Fsp3) is 0.370. The first-order valence-electron chi connectivity index (χ1n) is 11.8. The summed E-state index contributed by atoms with van der Waals surface area (Å²) < 4.78 is 5.04. The van der Waals surface area contributed by atoms with E-state index in [4.69, 9.17) is 4.74 Å². The van der Waals surface area contributed by atoms with E-state index in [0.29, 0.717) is 29.1 Å². The monoisotopic (exact) mass is 461 g/mol. The summed E-state index contributed by atoms with van der Waals surface area (Å²) in [6.07, 6.45) is 2.59. The number of allylic oxidation sites excluding steroid dienone is 1. The Balaban J connectivity index is 1.54. The summed E-state index contributed by atoms with van der Waals surface area (Å²) in [5.41, 5.74) is 3.50. The van der Waals surface area contributed by atoms with Crippen molar-refractivity contribution >= 4 is 23.6 Å². The fourth-order valence-corrected chi connectivity index (χ4v) is 4.58. The van der Waals surface area contributed by atoms with E-state index in [1.807, 2.05) is 36.4 Å². The third-order valence-electron chi connectivity index (χ3n) is 6.58. The van der Waals surface area contributed by atoms with Gasteiger partial charge >= 0.3 is 12.0 Å². The molecule has 0 saturated heterocycles. The molecule has 3 unspecified atom stereocenters. The number of rotatable bonds is 8. The molecule has 178 valence electrons. The van der Waals surface area contributed by atoms with Crippen LogP contribution in [0.2, 0.25) is 0 Å².